The quantitative estimate of drug-likeness (QED) is 0.150. The number of carbonyl (C=O) groups is 1. The maximum Gasteiger partial charge on any atom is 0.120 e. The second-order valence-electron chi connectivity index (χ2n) is 9.00. The van der Waals surface area contributed by atoms with Gasteiger partial charge >= 0.3 is 0 Å². The molecule has 0 fully saturated rings. The number of aldehydes is 1. The van der Waals surface area contributed by atoms with Crippen molar-refractivity contribution >= 4 is 6.29 Å². The molecule has 162 valence electrons. The topological polar surface area (TPSA) is 37.3 Å². The summed E-state index contributed by atoms with van der Waals surface area (Å²) >= 11 is 0. The van der Waals surface area contributed by atoms with Crippen LogP contribution in [0.15, 0.2) is 36.0 Å². The normalized spacial score (nSPS) is 14.6. The van der Waals surface area contributed by atoms with E-state index in [2.05, 4.69) is 40.3 Å². The summed E-state index contributed by atoms with van der Waals surface area (Å²) in [5.74, 6) is 2.16. The molecule has 0 rings (SSSR count). The number of hydrogen-bond acceptors (Lipinski definition) is 2. The molecule has 0 aliphatic carbocycles. The molecule has 0 amide bonds. The molecule has 0 aliphatic heterocycles. The van der Waals surface area contributed by atoms with E-state index in [1.807, 2.05) is 6.08 Å². The molecular formula is C26H46O2. The van der Waals surface area contributed by atoms with E-state index >= 15 is 0 Å². The van der Waals surface area contributed by atoms with Crippen LogP contribution in [0.3, 0.4) is 0 Å². The maximum atomic E-state index is 11.0. The highest BCUT2D eigenvalue weighted by atomic mass is 16.2. The number of rotatable bonds is 18. The van der Waals surface area contributed by atoms with E-state index in [1.165, 1.54) is 44.1 Å². The molecule has 0 bridgehead atoms. The first-order valence-corrected chi connectivity index (χ1v) is 11.4. The van der Waals surface area contributed by atoms with Crippen LogP contribution in [0.5, 0.6) is 0 Å². The molecular weight excluding hydrogens is 344 g/mol. The van der Waals surface area contributed by atoms with Crippen LogP contribution < -0.4 is 0 Å². The predicted molar refractivity (Wildman–Crippen MR) is 123 cm³/mol. The van der Waals surface area contributed by atoms with Gasteiger partial charge in [0.1, 0.15) is 6.29 Å². The second kappa shape index (κ2) is 17.9. The SMILES string of the molecule is C=C(C=CCO)CCC=C(C)CCC(CC=O)CCCC(C)CCCC(C)C. The molecule has 2 atom stereocenters. The Kier molecular flexibility index (Phi) is 17.2. The Morgan fingerprint density at radius 2 is 1.68 bits per heavy atom. The zero-order valence-corrected chi connectivity index (χ0v) is 19.1. The van der Waals surface area contributed by atoms with Crippen LogP contribution in [0.2, 0.25) is 0 Å². The van der Waals surface area contributed by atoms with Crippen LogP contribution in [-0.2, 0) is 4.79 Å². The van der Waals surface area contributed by atoms with Crippen LogP contribution in [-0.4, -0.2) is 18.0 Å². The average molecular weight is 391 g/mol. The van der Waals surface area contributed by atoms with Gasteiger partial charge in [0, 0.05) is 6.42 Å². The smallest absolute Gasteiger partial charge is 0.120 e. The van der Waals surface area contributed by atoms with Gasteiger partial charge < -0.3 is 9.90 Å². The van der Waals surface area contributed by atoms with Gasteiger partial charge in [-0.15, -0.1) is 0 Å². The van der Waals surface area contributed by atoms with Gasteiger partial charge in [0.05, 0.1) is 6.61 Å². The zero-order chi connectivity index (χ0) is 21.2. The van der Waals surface area contributed by atoms with Crippen molar-refractivity contribution in [3.63, 3.8) is 0 Å². The number of aliphatic hydroxyl groups is 1. The van der Waals surface area contributed by atoms with Gasteiger partial charge in [-0.2, -0.15) is 0 Å². The van der Waals surface area contributed by atoms with Gasteiger partial charge in [0.15, 0.2) is 0 Å². The second-order valence-corrected chi connectivity index (χ2v) is 9.00. The van der Waals surface area contributed by atoms with Crippen molar-refractivity contribution in [3.8, 4) is 0 Å². The van der Waals surface area contributed by atoms with E-state index in [9.17, 15) is 4.79 Å². The van der Waals surface area contributed by atoms with Gasteiger partial charge in [-0.25, -0.2) is 0 Å². The fourth-order valence-corrected chi connectivity index (χ4v) is 3.63. The molecule has 0 spiro atoms. The van der Waals surface area contributed by atoms with E-state index < -0.39 is 0 Å². The Balaban J connectivity index is 4.08. The predicted octanol–water partition coefficient (Wildman–Crippen LogP) is 7.44. The molecule has 0 heterocycles. The molecule has 2 unspecified atom stereocenters. The van der Waals surface area contributed by atoms with E-state index in [0.29, 0.717) is 12.3 Å². The maximum absolute atomic E-state index is 11.0. The summed E-state index contributed by atoms with van der Waals surface area (Å²) in [5, 5.41) is 8.78. The van der Waals surface area contributed by atoms with Gasteiger partial charge in [-0.3, -0.25) is 0 Å². The largest absolute Gasteiger partial charge is 0.392 e. The monoisotopic (exact) mass is 390 g/mol. The van der Waals surface area contributed by atoms with E-state index in [-0.39, 0.29) is 6.61 Å². The van der Waals surface area contributed by atoms with Crippen LogP contribution in [0, 0.1) is 17.8 Å². The van der Waals surface area contributed by atoms with Gasteiger partial charge in [-0.05, 0) is 50.4 Å². The van der Waals surface area contributed by atoms with Crippen molar-refractivity contribution in [1.82, 2.24) is 0 Å². The molecule has 1 N–H and O–H groups in total. The van der Waals surface area contributed by atoms with Crippen LogP contribution in [0.4, 0.5) is 0 Å². The highest BCUT2D eigenvalue weighted by Gasteiger charge is 2.10. The lowest BCUT2D eigenvalue weighted by Gasteiger charge is -2.17. The fourth-order valence-electron chi connectivity index (χ4n) is 3.63. The lowest BCUT2D eigenvalue weighted by atomic mass is 9.89. The molecule has 0 saturated heterocycles. The molecule has 0 aromatic heterocycles. The van der Waals surface area contributed by atoms with Gasteiger partial charge in [0.25, 0.3) is 0 Å². The van der Waals surface area contributed by atoms with Crippen molar-refractivity contribution in [2.75, 3.05) is 6.61 Å². The van der Waals surface area contributed by atoms with Gasteiger partial charge in [0.2, 0.25) is 0 Å². The molecule has 28 heavy (non-hydrogen) atoms. The number of hydrogen-bond donors (Lipinski definition) is 1. The van der Waals surface area contributed by atoms with Crippen molar-refractivity contribution in [3.05, 3.63) is 36.0 Å². The highest BCUT2D eigenvalue weighted by Crippen LogP contribution is 2.24. The molecule has 0 radical (unpaired) electrons. The van der Waals surface area contributed by atoms with Gasteiger partial charge in [-0.1, -0.05) is 95.2 Å². The Hall–Kier alpha value is -1.15. The lowest BCUT2D eigenvalue weighted by molar-refractivity contribution is -0.108. The summed E-state index contributed by atoms with van der Waals surface area (Å²) in [4.78, 5) is 11.0. The number of allylic oxidation sites excluding steroid dienone is 4. The molecule has 0 saturated carbocycles. The standard InChI is InChI=1S/C26H46O2/c1-22(2)10-6-11-23(3)14-8-16-26(19-21-28)18-17-25(5)13-7-12-24(4)15-9-20-27/h9,13,15,21-23,26-27H,4,6-8,10-12,14,16-20H2,1-3,5H3. The highest BCUT2D eigenvalue weighted by molar-refractivity contribution is 5.49. The van der Waals surface area contributed by atoms with Crippen molar-refractivity contribution in [2.45, 2.75) is 98.3 Å². The number of aliphatic hydroxyl groups excluding tert-OH is 1. The third kappa shape index (κ3) is 17.0. The first kappa shape index (κ1) is 26.9. The molecule has 2 heteroatoms. The van der Waals surface area contributed by atoms with Crippen LogP contribution in [0.25, 0.3) is 0 Å². The summed E-state index contributed by atoms with van der Waals surface area (Å²) in [7, 11) is 0. The Morgan fingerprint density at radius 1 is 1.00 bits per heavy atom. The number of carbonyl (C=O) groups excluding carboxylic acids is 1. The molecule has 0 aromatic rings. The summed E-state index contributed by atoms with van der Waals surface area (Å²) in [5.41, 5.74) is 2.47. The average Bonchev–Trinajstić information content (AvgIpc) is 2.64. The zero-order valence-electron chi connectivity index (χ0n) is 19.1. The summed E-state index contributed by atoms with van der Waals surface area (Å²) in [6.45, 7) is 13.2. The molecule has 2 nitrogen and oxygen atoms in total. The minimum absolute atomic E-state index is 0.0722. The summed E-state index contributed by atoms with van der Waals surface area (Å²) in [6.07, 6.45) is 19.6. The van der Waals surface area contributed by atoms with Crippen molar-refractivity contribution in [2.24, 2.45) is 17.8 Å². The van der Waals surface area contributed by atoms with Crippen molar-refractivity contribution < 1.29 is 9.90 Å². The minimum atomic E-state index is 0.0722. The first-order valence-electron chi connectivity index (χ1n) is 11.4. The van der Waals surface area contributed by atoms with E-state index in [1.54, 1.807) is 6.08 Å². The fraction of sp³-hybridized carbons (Fsp3) is 0.731. The lowest BCUT2D eigenvalue weighted by Crippen LogP contribution is -2.04. The van der Waals surface area contributed by atoms with E-state index in [4.69, 9.17) is 5.11 Å². The molecule has 0 aromatic carbocycles. The Morgan fingerprint density at radius 3 is 2.29 bits per heavy atom. The molecule has 0 aliphatic rings. The summed E-state index contributed by atoms with van der Waals surface area (Å²) in [6, 6.07) is 0. The Labute approximate surface area is 175 Å². The minimum Gasteiger partial charge on any atom is -0.392 e. The summed E-state index contributed by atoms with van der Waals surface area (Å²) < 4.78 is 0. The van der Waals surface area contributed by atoms with Crippen LogP contribution in [0.1, 0.15) is 98.3 Å². The van der Waals surface area contributed by atoms with E-state index in [0.717, 1.165) is 49.4 Å². The first-order chi connectivity index (χ1) is 13.4. The van der Waals surface area contributed by atoms with Crippen molar-refractivity contribution in [1.29, 1.82) is 0 Å². The third-order valence-electron chi connectivity index (χ3n) is 5.58. The Bertz CT molecular complexity index is 459. The van der Waals surface area contributed by atoms with Crippen LogP contribution >= 0.6 is 0 Å². The third-order valence-corrected chi connectivity index (χ3v) is 5.58.